The summed E-state index contributed by atoms with van der Waals surface area (Å²) in [6, 6.07) is 19.0. The predicted molar refractivity (Wildman–Crippen MR) is 136 cm³/mol. The zero-order valence-electron chi connectivity index (χ0n) is 20.3. The number of nitrogens with one attached hydrogen (secondary N) is 2. The first-order chi connectivity index (χ1) is 17.8. The van der Waals surface area contributed by atoms with E-state index in [2.05, 4.69) is 10.6 Å². The van der Waals surface area contributed by atoms with Gasteiger partial charge in [0.2, 0.25) is 17.7 Å². The average Bonchev–Trinajstić information content (AvgIpc) is 3.47. The molecule has 8 heteroatoms. The minimum absolute atomic E-state index is 0.137. The highest BCUT2D eigenvalue weighted by Crippen LogP contribution is 2.53. The lowest BCUT2D eigenvalue weighted by Crippen LogP contribution is -2.53. The molecule has 3 amide bonds. The highest BCUT2D eigenvalue weighted by atomic mass is 16.3. The van der Waals surface area contributed by atoms with Crippen molar-refractivity contribution in [1.82, 2.24) is 10.2 Å². The van der Waals surface area contributed by atoms with Gasteiger partial charge in [-0.25, -0.2) is 0 Å². The highest BCUT2D eigenvalue weighted by Gasteiger charge is 2.70. The van der Waals surface area contributed by atoms with Gasteiger partial charge in [0, 0.05) is 17.3 Å². The molecule has 3 aromatic carbocycles. The first-order valence-corrected chi connectivity index (χ1v) is 12.5. The van der Waals surface area contributed by atoms with Crippen molar-refractivity contribution in [2.75, 3.05) is 5.32 Å². The molecule has 0 unspecified atom stereocenters. The number of phenols is 2. The average molecular weight is 498 g/mol. The minimum atomic E-state index is -1.38. The van der Waals surface area contributed by atoms with E-state index in [-0.39, 0.29) is 42.2 Å². The van der Waals surface area contributed by atoms with Crippen LogP contribution in [-0.2, 0) is 39.3 Å². The summed E-state index contributed by atoms with van der Waals surface area (Å²) >= 11 is 0. The molecule has 4 N–H and O–H groups in total. The Bertz CT molecular complexity index is 1440. The van der Waals surface area contributed by atoms with Gasteiger partial charge in [-0.15, -0.1) is 0 Å². The molecule has 2 saturated heterocycles. The second-order valence-corrected chi connectivity index (χ2v) is 10.0. The number of likely N-dealkylation sites (tertiary alicyclic amines) is 1. The zero-order chi connectivity index (χ0) is 25.9. The molecule has 3 heterocycles. The van der Waals surface area contributed by atoms with Crippen LogP contribution >= 0.6 is 0 Å². The molecule has 188 valence electrons. The normalized spacial score (nSPS) is 26.0. The summed E-state index contributed by atoms with van der Waals surface area (Å²) in [6.45, 7) is 2.16. The topological polar surface area (TPSA) is 119 Å². The molecule has 0 aliphatic carbocycles. The fraction of sp³-hybridized carbons (Fsp3) is 0.276. The molecule has 4 atom stereocenters. The Morgan fingerprint density at radius 2 is 1.62 bits per heavy atom. The van der Waals surface area contributed by atoms with Crippen molar-refractivity contribution in [3.05, 3.63) is 89.0 Å². The van der Waals surface area contributed by atoms with Crippen LogP contribution in [-0.4, -0.2) is 38.9 Å². The van der Waals surface area contributed by atoms with Gasteiger partial charge in [0.15, 0.2) is 11.5 Å². The van der Waals surface area contributed by atoms with Gasteiger partial charge in [-0.3, -0.25) is 24.6 Å². The van der Waals surface area contributed by atoms with Crippen molar-refractivity contribution in [2.24, 2.45) is 11.8 Å². The van der Waals surface area contributed by atoms with E-state index in [4.69, 9.17) is 0 Å². The number of fused-ring (bicyclic) bond motifs is 4. The summed E-state index contributed by atoms with van der Waals surface area (Å²) in [5.74, 6) is -3.21. The van der Waals surface area contributed by atoms with Gasteiger partial charge < -0.3 is 15.5 Å². The Balaban J connectivity index is 1.46. The number of amides is 3. The molecule has 3 aliphatic heterocycles. The predicted octanol–water partition coefficient (Wildman–Crippen LogP) is 2.82. The van der Waals surface area contributed by atoms with Crippen molar-refractivity contribution in [3.63, 3.8) is 0 Å². The van der Waals surface area contributed by atoms with E-state index in [9.17, 15) is 24.6 Å². The van der Waals surface area contributed by atoms with Gasteiger partial charge in [-0.2, -0.15) is 0 Å². The van der Waals surface area contributed by atoms with Crippen LogP contribution in [0.5, 0.6) is 11.5 Å². The molecule has 0 bridgehead atoms. The van der Waals surface area contributed by atoms with Crippen LogP contribution in [0.4, 0.5) is 5.69 Å². The van der Waals surface area contributed by atoms with Crippen molar-refractivity contribution >= 4 is 23.4 Å². The van der Waals surface area contributed by atoms with E-state index in [0.29, 0.717) is 16.8 Å². The van der Waals surface area contributed by atoms with Crippen LogP contribution in [0.15, 0.2) is 66.7 Å². The number of carbonyl (C=O) groups is 3. The molecule has 3 aliphatic rings. The monoisotopic (exact) mass is 497 g/mol. The lowest BCUT2D eigenvalue weighted by molar-refractivity contribution is -0.143. The van der Waals surface area contributed by atoms with Gasteiger partial charge in [0.25, 0.3) is 0 Å². The number of aryl methyl sites for hydroxylation is 1. The first-order valence-electron chi connectivity index (χ1n) is 12.5. The zero-order valence-corrected chi connectivity index (χ0v) is 20.3. The molecule has 3 aromatic rings. The van der Waals surface area contributed by atoms with E-state index < -0.39 is 23.4 Å². The van der Waals surface area contributed by atoms with Crippen LogP contribution in [0.1, 0.15) is 29.2 Å². The third kappa shape index (κ3) is 3.43. The van der Waals surface area contributed by atoms with Gasteiger partial charge in [0.05, 0.1) is 18.4 Å². The van der Waals surface area contributed by atoms with Crippen molar-refractivity contribution in [1.29, 1.82) is 0 Å². The molecule has 37 heavy (non-hydrogen) atoms. The number of rotatable bonds is 5. The van der Waals surface area contributed by atoms with Crippen molar-refractivity contribution in [3.8, 4) is 11.5 Å². The molecule has 0 radical (unpaired) electrons. The van der Waals surface area contributed by atoms with Gasteiger partial charge in [-0.1, -0.05) is 55.5 Å². The molecule has 8 nitrogen and oxygen atoms in total. The summed E-state index contributed by atoms with van der Waals surface area (Å²) in [5, 5.41) is 26.1. The van der Waals surface area contributed by atoms with Crippen LogP contribution < -0.4 is 10.6 Å². The smallest absolute Gasteiger partial charge is 0.250 e. The minimum Gasteiger partial charge on any atom is -0.504 e. The molecular formula is C29H27N3O5. The van der Waals surface area contributed by atoms with Gasteiger partial charge >= 0.3 is 0 Å². The molecule has 1 spiro atoms. The van der Waals surface area contributed by atoms with E-state index in [0.717, 1.165) is 17.5 Å². The molecule has 0 aromatic heterocycles. The number of benzene rings is 3. The summed E-state index contributed by atoms with van der Waals surface area (Å²) in [7, 11) is 0. The lowest BCUT2D eigenvalue weighted by Gasteiger charge is -2.30. The van der Waals surface area contributed by atoms with Gasteiger partial charge in [-0.05, 0) is 47.7 Å². The Kier molecular flexibility index (Phi) is 5.31. The van der Waals surface area contributed by atoms with Crippen molar-refractivity contribution in [2.45, 2.75) is 37.9 Å². The summed E-state index contributed by atoms with van der Waals surface area (Å²) in [6.07, 6.45) is 1.04. The third-order valence-electron chi connectivity index (χ3n) is 7.96. The standard InChI is InChI=1S/C29H27N3O5/c1-2-16-8-10-20-19(12-16)29(28(37)30-20)25-24(21(31-29)13-18-9-11-22(33)23(34)14-18)26(35)32(27(25)36)15-17-6-4-3-5-7-17/h3-12,14,21,24-25,31,33-34H,2,13,15H2,1H3,(H,30,37)/t21-,24+,25+,29+/m0/s1. The second kappa shape index (κ2) is 8.45. The van der Waals surface area contributed by atoms with Crippen LogP contribution in [0.3, 0.4) is 0 Å². The number of nitrogens with zero attached hydrogens (tertiary/aromatic N) is 1. The number of aromatic hydroxyl groups is 2. The number of imide groups is 1. The fourth-order valence-corrected chi connectivity index (χ4v) is 6.18. The van der Waals surface area contributed by atoms with Crippen LogP contribution in [0, 0.1) is 11.8 Å². The number of carbonyl (C=O) groups excluding carboxylic acids is 3. The van der Waals surface area contributed by atoms with E-state index in [1.807, 2.05) is 55.5 Å². The third-order valence-corrected chi connectivity index (χ3v) is 7.96. The molecule has 6 rings (SSSR count). The van der Waals surface area contributed by atoms with Crippen molar-refractivity contribution < 1.29 is 24.6 Å². The maximum Gasteiger partial charge on any atom is 0.250 e. The Morgan fingerprint density at radius 1 is 0.865 bits per heavy atom. The van der Waals surface area contributed by atoms with Crippen LogP contribution in [0.2, 0.25) is 0 Å². The lowest BCUT2D eigenvalue weighted by atomic mass is 9.76. The quantitative estimate of drug-likeness (QED) is 0.318. The molecule has 2 fully saturated rings. The fourth-order valence-electron chi connectivity index (χ4n) is 6.18. The Morgan fingerprint density at radius 3 is 2.35 bits per heavy atom. The molecular weight excluding hydrogens is 470 g/mol. The number of phenolic OH excluding ortho intramolecular Hbond substituents is 2. The number of anilines is 1. The SMILES string of the molecule is CCc1ccc2c(c1)[C@]1(N[C@@H](Cc3ccc(O)c(O)c3)[C@H]3C(=O)N(Cc4ccccc4)C(=O)[C@@H]31)C(=O)N2. The maximum atomic E-state index is 14.0. The number of hydrogen-bond donors (Lipinski definition) is 4. The maximum absolute atomic E-state index is 14.0. The summed E-state index contributed by atoms with van der Waals surface area (Å²) < 4.78 is 0. The second-order valence-electron chi connectivity index (χ2n) is 10.0. The highest BCUT2D eigenvalue weighted by molar-refractivity contribution is 6.15. The number of hydrogen-bond acceptors (Lipinski definition) is 6. The van der Waals surface area contributed by atoms with E-state index >= 15 is 0 Å². The van der Waals surface area contributed by atoms with E-state index in [1.165, 1.54) is 17.0 Å². The molecule has 0 saturated carbocycles. The summed E-state index contributed by atoms with van der Waals surface area (Å²) in [4.78, 5) is 42.8. The largest absolute Gasteiger partial charge is 0.504 e. The first kappa shape index (κ1) is 23.2. The van der Waals surface area contributed by atoms with Crippen LogP contribution in [0.25, 0.3) is 0 Å². The summed E-state index contributed by atoms with van der Waals surface area (Å²) in [5.41, 5.74) is 2.47. The Labute approximate surface area is 213 Å². The van der Waals surface area contributed by atoms with Gasteiger partial charge in [0.1, 0.15) is 5.54 Å². The van der Waals surface area contributed by atoms with E-state index in [1.54, 1.807) is 6.07 Å². The Hall–Kier alpha value is -4.17.